The van der Waals surface area contributed by atoms with E-state index < -0.39 is 5.97 Å². The zero-order valence-electron chi connectivity index (χ0n) is 19.1. The number of ether oxygens (including phenoxy) is 1. The van der Waals surface area contributed by atoms with Crippen molar-refractivity contribution in [1.29, 1.82) is 0 Å². The Balaban J connectivity index is 1.56. The minimum absolute atomic E-state index is 0.161. The first-order chi connectivity index (χ1) is 16.4. The SMILES string of the molecule is CNC(=O)c1ccc(CNC(=O)c2nn(C)c3ccc(-c4ccc(C(=O)OC)cc4)cc23)cc1. The smallest absolute Gasteiger partial charge is 0.337 e. The molecule has 4 rings (SSSR count). The highest BCUT2D eigenvalue weighted by atomic mass is 16.5. The summed E-state index contributed by atoms with van der Waals surface area (Å²) in [5.74, 6) is -0.845. The van der Waals surface area contributed by atoms with Gasteiger partial charge in [-0.2, -0.15) is 5.10 Å². The highest BCUT2D eigenvalue weighted by molar-refractivity contribution is 6.06. The fourth-order valence-corrected chi connectivity index (χ4v) is 3.71. The molecule has 0 atom stereocenters. The lowest BCUT2D eigenvalue weighted by molar-refractivity contribution is 0.0600. The number of methoxy groups -OCH3 is 1. The quantitative estimate of drug-likeness (QED) is 0.434. The van der Waals surface area contributed by atoms with E-state index in [4.69, 9.17) is 4.74 Å². The third kappa shape index (κ3) is 4.52. The lowest BCUT2D eigenvalue weighted by Gasteiger charge is -2.06. The molecular weight excluding hydrogens is 432 g/mol. The van der Waals surface area contributed by atoms with Crippen LogP contribution >= 0.6 is 0 Å². The molecule has 2 amide bonds. The molecule has 0 aliphatic heterocycles. The number of hydrogen-bond acceptors (Lipinski definition) is 5. The molecule has 0 unspecified atom stereocenters. The van der Waals surface area contributed by atoms with E-state index in [0.717, 1.165) is 27.6 Å². The second-order valence-electron chi connectivity index (χ2n) is 7.73. The van der Waals surface area contributed by atoms with Gasteiger partial charge in [-0.05, 0) is 53.1 Å². The zero-order chi connectivity index (χ0) is 24.2. The first-order valence-electron chi connectivity index (χ1n) is 10.7. The van der Waals surface area contributed by atoms with E-state index in [1.807, 2.05) is 30.3 Å². The molecule has 0 fully saturated rings. The lowest BCUT2D eigenvalue weighted by Crippen LogP contribution is -2.23. The Morgan fingerprint density at radius 2 is 1.53 bits per heavy atom. The monoisotopic (exact) mass is 456 g/mol. The van der Waals surface area contributed by atoms with Gasteiger partial charge >= 0.3 is 5.97 Å². The average molecular weight is 457 g/mol. The van der Waals surface area contributed by atoms with Crippen molar-refractivity contribution in [1.82, 2.24) is 20.4 Å². The van der Waals surface area contributed by atoms with E-state index >= 15 is 0 Å². The van der Waals surface area contributed by atoms with Crippen molar-refractivity contribution in [2.75, 3.05) is 14.2 Å². The average Bonchev–Trinajstić information content (AvgIpc) is 3.22. The molecule has 3 aromatic carbocycles. The van der Waals surface area contributed by atoms with E-state index in [9.17, 15) is 14.4 Å². The predicted octanol–water partition coefficient (Wildman–Crippen LogP) is 3.32. The predicted molar refractivity (Wildman–Crippen MR) is 128 cm³/mol. The number of carbonyl (C=O) groups is 3. The normalized spacial score (nSPS) is 10.7. The Kier molecular flexibility index (Phi) is 6.40. The lowest BCUT2D eigenvalue weighted by atomic mass is 10.0. The highest BCUT2D eigenvalue weighted by Gasteiger charge is 2.17. The number of esters is 1. The molecule has 0 saturated heterocycles. The number of amides is 2. The van der Waals surface area contributed by atoms with Crippen molar-refractivity contribution >= 4 is 28.7 Å². The van der Waals surface area contributed by atoms with Crippen LogP contribution in [0.1, 0.15) is 36.8 Å². The van der Waals surface area contributed by atoms with E-state index in [-0.39, 0.29) is 11.8 Å². The number of aromatic nitrogens is 2. The molecule has 0 spiro atoms. The van der Waals surface area contributed by atoms with E-state index in [2.05, 4.69) is 15.7 Å². The summed E-state index contributed by atoms with van der Waals surface area (Å²) in [5, 5.41) is 10.6. The second-order valence-corrected chi connectivity index (χ2v) is 7.73. The van der Waals surface area contributed by atoms with Gasteiger partial charge in [0.15, 0.2) is 5.69 Å². The molecule has 0 aliphatic rings. The molecule has 0 radical (unpaired) electrons. The summed E-state index contributed by atoms with van der Waals surface area (Å²) in [7, 11) is 4.72. The molecule has 0 bridgehead atoms. The van der Waals surface area contributed by atoms with Crippen LogP contribution in [0.4, 0.5) is 0 Å². The molecule has 8 heteroatoms. The van der Waals surface area contributed by atoms with Gasteiger partial charge in [0.05, 0.1) is 18.2 Å². The molecule has 0 aliphatic carbocycles. The molecule has 34 heavy (non-hydrogen) atoms. The van der Waals surface area contributed by atoms with Crippen molar-refractivity contribution in [3.8, 4) is 11.1 Å². The first kappa shape index (κ1) is 22.7. The van der Waals surface area contributed by atoms with Crippen molar-refractivity contribution in [2.24, 2.45) is 7.05 Å². The third-order valence-electron chi connectivity index (χ3n) is 5.60. The molecule has 4 aromatic rings. The van der Waals surface area contributed by atoms with Crippen LogP contribution < -0.4 is 10.6 Å². The number of aryl methyl sites for hydroxylation is 1. The van der Waals surface area contributed by atoms with Crippen LogP contribution in [0.25, 0.3) is 22.0 Å². The van der Waals surface area contributed by atoms with Gasteiger partial charge in [-0.25, -0.2) is 4.79 Å². The molecule has 1 heterocycles. The summed E-state index contributed by atoms with van der Waals surface area (Å²) >= 11 is 0. The number of carbonyl (C=O) groups excluding carboxylic acids is 3. The minimum atomic E-state index is -0.392. The Hall–Kier alpha value is -4.46. The van der Waals surface area contributed by atoms with Crippen LogP contribution in [0.3, 0.4) is 0 Å². The van der Waals surface area contributed by atoms with Gasteiger partial charge in [-0.15, -0.1) is 0 Å². The first-order valence-corrected chi connectivity index (χ1v) is 10.7. The van der Waals surface area contributed by atoms with Crippen LogP contribution in [0.2, 0.25) is 0 Å². The van der Waals surface area contributed by atoms with Gasteiger partial charge in [-0.3, -0.25) is 14.3 Å². The van der Waals surface area contributed by atoms with Crippen molar-refractivity contribution in [2.45, 2.75) is 6.54 Å². The number of fused-ring (bicyclic) bond motifs is 1. The van der Waals surface area contributed by atoms with E-state index in [1.54, 1.807) is 55.2 Å². The molecular formula is C26H24N4O4. The molecule has 172 valence electrons. The van der Waals surface area contributed by atoms with Gasteiger partial charge in [0.1, 0.15) is 0 Å². The zero-order valence-corrected chi connectivity index (χ0v) is 19.1. The van der Waals surface area contributed by atoms with E-state index in [0.29, 0.717) is 23.4 Å². The Bertz CT molecular complexity index is 1370. The largest absolute Gasteiger partial charge is 0.465 e. The Labute approximate surface area is 196 Å². The standard InChI is InChI=1S/C26H24N4O4/c1-27-24(31)18-6-4-16(5-7-18)15-28-25(32)23-21-14-20(12-13-22(21)30(2)29-23)17-8-10-19(11-9-17)26(33)34-3/h4-14H,15H2,1-3H3,(H,27,31)(H,28,32). The van der Waals surface area contributed by atoms with Crippen molar-refractivity contribution < 1.29 is 19.1 Å². The summed E-state index contributed by atoms with van der Waals surface area (Å²) in [5.41, 5.74) is 4.85. The maximum Gasteiger partial charge on any atom is 0.337 e. The van der Waals surface area contributed by atoms with Crippen LogP contribution in [0, 0.1) is 0 Å². The number of nitrogens with zero attached hydrogens (tertiary/aromatic N) is 2. The fraction of sp³-hybridized carbons (Fsp3) is 0.154. The summed E-state index contributed by atoms with van der Waals surface area (Å²) < 4.78 is 6.42. The summed E-state index contributed by atoms with van der Waals surface area (Å²) in [6, 6.07) is 19.9. The number of rotatable bonds is 6. The molecule has 0 saturated carbocycles. The van der Waals surface area contributed by atoms with Crippen LogP contribution in [0.5, 0.6) is 0 Å². The second kappa shape index (κ2) is 9.58. The fourth-order valence-electron chi connectivity index (χ4n) is 3.71. The van der Waals surface area contributed by atoms with Crippen LogP contribution in [-0.4, -0.2) is 41.7 Å². The van der Waals surface area contributed by atoms with Gasteiger partial charge < -0.3 is 15.4 Å². The van der Waals surface area contributed by atoms with Crippen LogP contribution in [-0.2, 0) is 18.3 Å². The number of nitrogens with one attached hydrogen (secondary N) is 2. The van der Waals surface area contributed by atoms with Crippen molar-refractivity contribution in [3.63, 3.8) is 0 Å². The molecule has 8 nitrogen and oxygen atoms in total. The maximum atomic E-state index is 13.0. The maximum absolute atomic E-state index is 13.0. The highest BCUT2D eigenvalue weighted by Crippen LogP contribution is 2.27. The minimum Gasteiger partial charge on any atom is -0.465 e. The summed E-state index contributed by atoms with van der Waals surface area (Å²) in [4.78, 5) is 36.3. The topological polar surface area (TPSA) is 102 Å². The summed E-state index contributed by atoms with van der Waals surface area (Å²) in [6.07, 6.45) is 0. The van der Waals surface area contributed by atoms with Gasteiger partial charge in [0, 0.05) is 31.6 Å². The third-order valence-corrected chi connectivity index (χ3v) is 5.60. The number of hydrogen-bond donors (Lipinski definition) is 2. The van der Waals surface area contributed by atoms with Crippen LogP contribution in [0.15, 0.2) is 66.7 Å². The Morgan fingerprint density at radius 3 is 2.18 bits per heavy atom. The van der Waals surface area contributed by atoms with Gasteiger partial charge in [0.25, 0.3) is 11.8 Å². The number of benzene rings is 3. The van der Waals surface area contributed by atoms with Gasteiger partial charge in [-0.1, -0.05) is 30.3 Å². The van der Waals surface area contributed by atoms with Crippen molar-refractivity contribution in [3.05, 3.63) is 89.1 Å². The summed E-state index contributed by atoms with van der Waals surface area (Å²) in [6.45, 7) is 0.305. The molecule has 2 N–H and O–H groups in total. The molecule has 1 aromatic heterocycles. The van der Waals surface area contributed by atoms with Gasteiger partial charge in [0.2, 0.25) is 0 Å². The van der Waals surface area contributed by atoms with E-state index in [1.165, 1.54) is 7.11 Å². The Morgan fingerprint density at radius 1 is 0.882 bits per heavy atom.